The molecule has 0 heterocycles. The molecule has 0 aliphatic heterocycles. The number of ether oxygens (including phenoxy) is 4. The Balaban J connectivity index is 5.34. The van der Waals surface area contributed by atoms with E-state index in [0.29, 0.717) is 25.7 Å². The second-order valence-corrected chi connectivity index (χ2v) is 28.5. The van der Waals surface area contributed by atoms with E-state index in [4.69, 9.17) is 37.0 Å². The van der Waals surface area contributed by atoms with Gasteiger partial charge >= 0.3 is 39.5 Å². The van der Waals surface area contributed by atoms with E-state index in [1.54, 1.807) is 0 Å². The zero-order valence-corrected chi connectivity index (χ0v) is 62.6. The molecule has 19 heteroatoms. The molecule has 0 spiro atoms. The van der Waals surface area contributed by atoms with E-state index in [1.165, 1.54) is 89.9 Å². The Morgan fingerprint density at radius 3 is 0.896 bits per heavy atom. The van der Waals surface area contributed by atoms with Gasteiger partial charge in [-0.2, -0.15) is 0 Å². The van der Waals surface area contributed by atoms with Gasteiger partial charge in [0.15, 0.2) is 12.2 Å². The predicted molar refractivity (Wildman–Crippen MR) is 390 cm³/mol. The fourth-order valence-electron chi connectivity index (χ4n) is 10.3. The summed E-state index contributed by atoms with van der Waals surface area (Å²) in [4.78, 5) is 72.8. The maximum atomic E-state index is 13.1. The predicted octanol–water partition coefficient (Wildman–Crippen LogP) is 21.7. The van der Waals surface area contributed by atoms with Crippen LogP contribution in [0.4, 0.5) is 0 Å². The van der Waals surface area contributed by atoms with Gasteiger partial charge in [0.1, 0.15) is 19.3 Å². The standard InChI is InChI=1S/C77H138O17P2/c1-5-9-13-17-21-25-29-33-35-39-42-46-50-54-58-62-75(80)88-68-73(94-77(82)64-60-56-52-48-44-40-36-34-30-26-22-18-14-10-6-2)70-92-96(85,86)90-66-71(78)65-89-95(83,84)91-69-72(93-76(81)63-59-55-51-47-43-38-32-28-24-20-16-12-8-4)67-87-74(79)61-57-53-49-45-41-37-31-27-23-19-15-11-7-3/h9,13,15,19,21,25,27-28,31-33,35,71-73,78H,5-8,10-12,14,16-18,20,22-24,26,29-30,34,36-70H2,1-4H3,(H,83,84)(H,85,86)/b13-9-,19-15-,25-21-,31-27-,32-28-,35-33-. The van der Waals surface area contributed by atoms with Crippen molar-refractivity contribution in [1.29, 1.82) is 0 Å². The smallest absolute Gasteiger partial charge is 0.462 e. The third-order valence-electron chi connectivity index (χ3n) is 16.1. The number of carbonyl (C=O) groups is 4. The van der Waals surface area contributed by atoms with E-state index >= 15 is 0 Å². The van der Waals surface area contributed by atoms with Crippen LogP contribution in [0.2, 0.25) is 0 Å². The van der Waals surface area contributed by atoms with Crippen molar-refractivity contribution in [2.75, 3.05) is 39.6 Å². The molecule has 558 valence electrons. The largest absolute Gasteiger partial charge is 0.472 e. The first-order valence-corrected chi connectivity index (χ1v) is 41.2. The Morgan fingerprint density at radius 1 is 0.302 bits per heavy atom. The molecule has 0 amide bonds. The van der Waals surface area contributed by atoms with Gasteiger partial charge in [0.25, 0.3) is 0 Å². The lowest BCUT2D eigenvalue weighted by Gasteiger charge is -2.21. The molecule has 0 aromatic heterocycles. The number of unbranched alkanes of at least 4 members (excludes halogenated alkanes) is 34. The number of hydrogen-bond acceptors (Lipinski definition) is 15. The summed E-state index contributed by atoms with van der Waals surface area (Å²) in [5.41, 5.74) is 0. The van der Waals surface area contributed by atoms with Crippen LogP contribution in [0.15, 0.2) is 72.9 Å². The Morgan fingerprint density at radius 2 is 0.562 bits per heavy atom. The summed E-state index contributed by atoms with van der Waals surface area (Å²) in [5.74, 6) is -2.19. The van der Waals surface area contributed by atoms with Gasteiger partial charge in [0.05, 0.1) is 26.4 Å². The molecular formula is C77H138O17P2. The van der Waals surface area contributed by atoms with Crippen molar-refractivity contribution in [3.63, 3.8) is 0 Å². The molecule has 17 nitrogen and oxygen atoms in total. The number of aliphatic hydroxyl groups is 1. The highest BCUT2D eigenvalue weighted by Gasteiger charge is 2.30. The van der Waals surface area contributed by atoms with Gasteiger partial charge in [0, 0.05) is 25.7 Å². The van der Waals surface area contributed by atoms with Gasteiger partial charge in [-0.3, -0.25) is 37.3 Å². The quantitative estimate of drug-likeness (QED) is 0.0169. The summed E-state index contributed by atoms with van der Waals surface area (Å²) in [5, 5.41) is 10.6. The number of hydrogen-bond donors (Lipinski definition) is 3. The van der Waals surface area contributed by atoms with Crippen LogP contribution in [-0.4, -0.2) is 96.7 Å². The van der Waals surface area contributed by atoms with E-state index in [0.717, 1.165) is 167 Å². The number of allylic oxidation sites excluding steroid dienone is 12. The van der Waals surface area contributed by atoms with Crippen molar-refractivity contribution < 1.29 is 80.2 Å². The molecule has 0 aromatic carbocycles. The Kier molecular flexibility index (Phi) is 67.4. The van der Waals surface area contributed by atoms with Crippen LogP contribution in [0.25, 0.3) is 0 Å². The molecule has 96 heavy (non-hydrogen) atoms. The fourth-order valence-corrected chi connectivity index (χ4v) is 11.9. The SMILES string of the molecule is CC/C=C\C/C=C\C/C=C\CCCCCCCC(=O)OCC(COP(=O)(O)OCC(O)COP(=O)(O)OCC(COC(=O)CCCCCCC/C=C\C/C=C\CCC)OC(=O)CCCCCCC/C=C\CCCCCC)OC(=O)CCCCCCCCCCCCCCCCC. The highest BCUT2D eigenvalue weighted by atomic mass is 31.2. The zero-order chi connectivity index (χ0) is 70.4. The van der Waals surface area contributed by atoms with Crippen molar-refractivity contribution in [3.05, 3.63) is 72.9 Å². The van der Waals surface area contributed by atoms with Crippen molar-refractivity contribution in [2.24, 2.45) is 0 Å². The molecule has 0 saturated carbocycles. The maximum absolute atomic E-state index is 13.1. The second kappa shape index (κ2) is 70.0. The topological polar surface area (TPSA) is 237 Å². The Bertz CT molecular complexity index is 2110. The zero-order valence-electron chi connectivity index (χ0n) is 60.8. The molecule has 0 aromatic rings. The molecule has 0 bridgehead atoms. The highest BCUT2D eigenvalue weighted by molar-refractivity contribution is 7.47. The van der Waals surface area contributed by atoms with Gasteiger partial charge < -0.3 is 33.8 Å². The summed E-state index contributed by atoms with van der Waals surface area (Å²) in [6.07, 6.45) is 68.9. The minimum Gasteiger partial charge on any atom is -0.462 e. The fraction of sp³-hybridized carbons (Fsp3) is 0.792. The minimum atomic E-state index is -4.97. The van der Waals surface area contributed by atoms with Gasteiger partial charge in [-0.15, -0.1) is 0 Å². The molecule has 0 aliphatic rings. The number of carbonyl (C=O) groups excluding carboxylic acids is 4. The van der Waals surface area contributed by atoms with Crippen LogP contribution in [0, 0.1) is 0 Å². The Hall–Kier alpha value is -3.50. The Labute approximate surface area is 583 Å². The molecule has 5 atom stereocenters. The van der Waals surface area contributed by atoms with E-state index < -0.39 is 97.5 Å². The lowest BCUT2D eigenvalue weighted by Crippen LogP contribution is -2.30. The average molecular weight is 1400 g/mol. The molecule has 0 fully saturated rings. The van der Waals surface area contributed by atoms with E-state index in [9.17, 15) is 43.2 Å². The number of aliphatic hydroxyl groups excluding tert-OH is 1. The summed E-state index contributed by atoms with van der Waals surface area (Å²) in [7, 11) is -9.94. The van der Waals surface area contributed by atoms with E-state index in [-0.39, 0.29) is 25.7 Å². The molecule has 3 N–H and O–H groups in total. The summed E-state index contributed by atoms with van der Waals surface area (Å²) < 4.78 is 68.4. The van der Waals surface area contributed by atoms with Crippen molar-refractivity contribution in [2.45, 2.75) is 354 Å². The van der Waals surface area contributed by atoms with Crippen LogP contribution in [0.3, 0.4) is 0 Å². The average Bonchev–Trinajstić information content (AvgIpc) is 1.36. The minimum absolute atomic E-state index is 0.0843. The van der Waals surface area contributed by atoms with Crippen molar-refractivity contribution in [1.82, 2.24) is 0 Å². The third kappa shape index (κ3) is 69.0. The number of phosphoric ester groups is 2. The number of rotatable bonds is 72. The first-order valence-electron chi connectivity index (χ1n) is 38.2. The van der Waals surface area contributed by atoms with Gasteiger partial charge in [-0.05, 0) is 109 Å². The molecule has 0 radical (unpaired) electrons. The monoisotopic (exact) mass is 1400 g/mol. The first kappa shape index (κ1) is 92.5. The summed E-state index contributed by atoms with van der Waals surface area (Å²) in [6.45, 7) is 4.68. The molecule has 5 unspecified atom stereocenters. The lowest BCUT2D eigenvalue weighted by atomic mass is 10.0. The van der Waals surface area contributed by atoms with Crippen LogP contribution in [0.1, 0.15) is 336 Å². The molecular weight excluding hydrogens is 1260 g/mol. The lowest BCUT2D eigenvalue weighted by molar-refractivity contribution is -0.161. The highest BCUT2D eigenvalue weighted by Crippen LogP contribution is 2.45. The van der Waals surface area contributed by atoms with Crippen LogP contribution >= 0.6 is 15.6 Å². The third-order valence-corrected chi connectivity index (χ3v) is 18.0. The van der Waals surface area contributed by atoms with E-state index in [1.807, 2.05) is 0 Å². The second-order valence-electron chi connectivity index (χ2n) is 25.6. The summed E-state index contributed by atoms with van der Waals surface area (Å²) >= 11 is 0. The molecule has 0 rings (SSSR count). The molecule has 0 saturated heterocycles. The normalized spacial score (nSPS) is 14.4. The van der Waals surface area contributed by atoms with Crippen LogP contribution in [-0.2, 0) is 65.4 Å². The number of esters is 4. The summed E-state index contributed by atoms with van der Waals surface area (Å²) in [6, 6.07) is 0. The van der Waals surface area contributed by atoms with Crippen LogP contribution < -0.4 is 0 Å². The van der Waals surface area contributed by atoms with E-state index in [2.05, 4.69) is 101 Å². The molecule has 0 aliphatic carbocycles. The van der Waals surface area contributed by atoms with Gasteiger partial charge in [-0.1, -0.05) is 274 Å². The first-order chi connectivity index (χ1) is 46.7. The number of phosphoric acid groups is 2. The van der Waals surface area contributed by atoms with Crippen LogP contribution in [0.5, 0.6) is 0 Å². The van der Waals surface area contributed by atoms with Crippen molar-refractivity contribution >= 4 is 39.5 Å². The van der Waals surface area contributed by atoms with Gasteiger partial charge in [-0.25, -0.2) is 9.13 Å². The maximum Gasteiger partial charge on any atom is 0.472 e. The van der Waals surface area contributed by atoms with Gasteiger partial charge in [0.2, 0.25) is 0 Å². The van der Waals surface area contributed by atoms with Crippen molar-refractivity contribution in [3.8, 4) is 0 Å².